The molecule has 0 saturated carbocycles. The Kier molecular flexibility index (Phi) is 6.54. The van der Waals surface area contributed by atoms with Crippen LogP contribution in [0.5, 0.6) is 5.75 Å². The van der Waals surface area contributed by atoms with Gasteiger partial charge in [-0.05, 0) is 48.5 Å². The normalized spacial score (nSPS) is 13.9. The summed E-state index contributed by atoms with van der Waals surface area (Å²) in [5.41, 5.74) is 3.72. The lowest BCUT2D eigenvalue weighted by Gasteiger charge is -2.37. The van der Waals surface area contributed by atoms with Gasteiger partial charge in [-0.25, -0.2) is 9.97 Å². The fourth-order valence-corrected chi connectivity index (χ4v) is 3.80. The van der Waals surface area contributed by atoms with E-state index in [0.29, 0.717) is 5.95 Å². The number of carbonyl (C=O) groups excluding carboxylic acids is 1. The number of piperazine rings is 1. The lowest BCUT2D eigenvalue weighted by molar-refractivity contribution is -0.134. The third-order valence-electron chi connectivity index (χ3n) is 5.55. The van der Waals surface area contributed by atoms with Crippen molar-refractivity contribution in [2.75, 3.05) is 43.5 Å². The van der Waals surface area contributed by atoms with Crippen molar-refractivity contribution in [2.45, 2.75) is 13.8 Å². The highest BCUT2D eigenvalue weighted by Crippen LogP contribution is 2.28. The second-order valence-corrected chi connectivity index (χ2v) is 8.03. The molecule has 0 bridgehead atoms. The number of ether oxygens (including phenoxy) is 1. The molecule has 0 unspecified atom stereocenters. The largest absolute Gasteiger partial charge is 0.496 e. The minimum Gasteiger partial charge on any atom is -0.496 e. The Bertz CT molecular complexity index is 1060. The molecule has 0 aliphatic carbocycles. The van der Waals surface area contributed by atoms with E-state index in [1.54, 1.807) is 19.4 Å². The topological polar surface area (TPSA) is 70.6 Å². The van der Waals surface area contributed by atoms with Gasteiger partial charge < -0.3 is 19.9 Å². The molecular formula is C25H28N5O2. The first-order valence-electron chi connectivity index (χ1n) is 10.8. The highest BCUT2D eigenvalue weighted by Gasteiger charge is 2.22. The molecule has 2 heterocycles. The second-order valence-electron chi connectivity index (χ2n) is 8.03. The molecule has 1 aliphatic rings. The average molecular weight is 431 g/mol. The first-order valence-corrected chi connectivity index (χ1v) is 10.8. The molecule has 1 saturated heterocycles. The Morgan fingerprint density at radius 3 is 2.53 bits per heavy atom. The van der Waals surface area contributed by atoms with Crippen LogP contribution in [0.2, 0.25) is 0 Å². The molecular weight excluding hydrogens is 402 g/mol. The van der Waals surface area contributed by atoms with Crippen LogP contribution in [0.25, 0.3) is 11.3 Å². The molecule has 32 heavy (non-hydrogen) atoms. The fourth-order valence-electron chi connectivity index (χ4n) is 3.80. The summed E-state index contributed by atoms with van der Waals surface area (Å²) < 4.78 is 5.42. The van der Waals surface area contributed by atoms with Gasteiger partial charge in [0.2, 0.25) is 11.9 Å². The van der Waals surface area contributed by atoms with Gasteiger partial charge in [-0.2, -0.15) is 0 Å². The van der Waals surface area contributed by atoms with Gasteiger partial charge in [0, 0.05) is 55.2 Å². The Balaban J connectivity index is 1.41. The maximum absolute atomic E-state index is 12.2. The zero-order valence-corrected chi connectivity index (χ0v) is 18.7. The number of nitrogens with one attached hydrogen (secondary N) is 1. The van der Waals surface area contributed by atoms with Crippen LogP contribution < -0.4 is 15.0 Å². The summed E-state index contributed by atoms with van der Waals surface area (Å²) in [7, 11) is 1.64. The minimum atomic E-state index is 0.0499. The quantitative estimate of drug-likeness (QED) is 0.637. The molecule has 1 fully saturated rings. The van der Waals surface area contributed by atoms with Gasteiger partial charge in [-0.15, -0.1) is 0 Å². The first-order chi connectivity index (χ1) is 15.5. The number of rotatable bonds is 6. The Morgan fingerprint density at radius 1 is 1.09 bits per heavy atom. The van der Waals surface area contributed by atoms with Gasteiger partial charge in [0.1, 0.15) is 5.75 Å². The van der Waals surface area contributed by atoms with Crippen LogP contribution in [-0.2, 0) is 4.79 Å². The predicted molar refractivity (Wildman–Crippen MR) is 126 cm³/mol. The molecule has 1 aliphatic heterocycles. The van der Waals surface area contributed by atoms with Crippen LogP contribution in [0.4, 0.5) is 17.3 Å². The number of anilines is 3. The summed E-state index contributed by atoms with van der Waals surface area (Å²) in [6.07, 6.45) is 1.73. The van der Waals surface area contributed by atoms with E-state index in [-0.39, 0.29) is 11.8 Å². The third kappa shape index (κ3) is 4.82. The molecule has 2 aromatic carbocycles. The summed E-state index contributed by atoms with van der Waals surface area (Å²) in [5.74, 6) is 1.52. The second kappa shape index (κ2) is 9.68. The van der Waals surface area contributed by atoms with Crippen molar-refractivity contribution in [3.8, 4) is 17.0 Å². The standard InChI is InChI=1S/C25H28N5O2/c1-18(2)24(31)30-16-14-29(15-17-30)20-10-8-19(9-11-20)27-25-26-13-12-22(28-25)21-6-4-5-7-23(21)32-3/h4,6-13,18H,14-17H2,1-3H3,(H,26,27,28). The van der Waals surface area contributed by atoms with E-state index in [4.69, 9.17) is 4.74 Å². The molecule has 1 N–H and O–H groups in total. The van der Waals surface area contributed by atoms with E-state index >= 15 is 0 Å². The van der Waals surface area contributed by atoms with Crippen LogP contribution in [0.1, 0.15) is 13.8 Å². The van der Waals surface area contributed by atoms with Crippen LogP contribution in [0.15, 0.2) is 54.7 Å². The molecule has 0 spiro atoms. The highest BCUT2D eigenvalue weighted by molar-refractivity contribution is 5.78. The number of aromatic nitrogens is 2. The Morgan fingerprint density at radius 2 is 1.84 bits per heavy atom. The molecule has 1 radical (unpaired) electrons. The number of methoxy groups -OCH3 is 1. The van der Waals surface area contributed by atoms with Gasteiger partial charge in [-0.3, -0.25) is 4.79 Å². The Hall–Kier alpha value is -3.61. The smallest absolute Gasteiger partial charge is 0.227 e. The molecule has 7 nitrogen and oxygen atoms in total. The number of hydrogen-bond acceptors (Lipinski definition) is 6. The molecule has 3 aromatic rings. The predicted octanol–water partition coefficient (Wildman–Crippen LogP) is 4.00. The van der Waals surface area contributed by atoms with Crippen molar-refractivity contribution >= 4 is 23.2 Å². The molecule has 0 atom stereocenters. The number of amides is 1. The van der Waals surface area contributed by atoms with Crippen molar-refractivity contribution in [3.63, 3.8) is 0 Å². The third-order valence-corrected chi connectivity index (χ3v) is 5.55. The van der Waals surface area contributed by atoms with Crippen molar-refractivity contribution in [2.24, 2.45) is 5.92 Å². The van der Waals surface area contributed by atoms with Crippen molar-refractivity contribution in [3.05, 3.63) is 60.8 Å². The van der Waals surface area contributed by atoms with E-state index < -0.39 is 0 Å². The Labute approximate surface area is 189 Å². The maximum Gasteiger partial charge on any atom is 0.227 e. The average Bonchev–Trinajstić information content (AvgIpc) is 2.84. The zero-order valence-electron chi connectivity index (χ0n) is 18.7. The molecule has 1 aromatic heterocycles. The van der Waals surface area contributed by atoms with E-state index in [1.165, 1.54) is 0 Å². The van der Waals surface area contributed by atoms with Gasteiger partial charge in [0.05, 0.1) is 12.8 Å². The monoisotopic (exact) mass is 430 g/mol. The fraction of sp³-hybridized carbons (Fsp3) is 0.320. The SMILES string of the molecule is COc1c[c]ccc1-c1ccnc(Nc2ccc(N3CCN(C(=O)C(C)C)CC3)cc2)n1. The van der Waals surface area contributed by atoms with Crippen LogP contribution >= 0.6 is 0 Å². The number of hydrogen-bond donors (Lipinski definition) is 1. The van der Waals surface area contributed by atoms with Gasteiger partial charge in [0.25, 0.3) is 0 Å². The molecule has 4 rings (SSSR count). The van der Waals surface area contributed by atoms with E-state index in [0.717, 1.165) is 54.6 Å². The highest BCUT2D eigenvalue weighted by atomic mass is 16.5. The van der Waals surface area contributed by atoms with Crippen LogP contribution in [0, 0.1) is 12.0 Å². The summed E-state index contributed by atoms with van der Waals surface area (Å²) in [6, 6.07) is 18.6. The van der Waals surface area contributed by atoms with Crippen molar-refractivity contribution in [1.29, 1.82) is 0 Å². The van der Waals surface area contributed by atoms with E-state index in [9.17, 15) is 4.79 Å². The van der Waals surface area contributed by atoms with Gasteiger partial charge in [0.15, 0.2) is 0 Å². The summed E-state index contributed by atoms with van der Waals surface area (Å²) in [4.78, 5) is 25.4. The lowest BCUT2D eigenvalue weighted by atomic mass is 10.1. The minimum absolute atomic E-state index is 0.0499. The molecule has 165 valence electrons. The zero-order chi connectivity index (χ0) is 22.5. The van der Waals surface area contributed by atoms with Crippen LogP contribution in [-0.4, -0.2) is 54.1 Å². The summed E-state index contributed by atoms with van der Waals surface area (Å²) in [6.45, 7) is 7.11. The van der Waals surface area contributed by atoms with Gasteiger partial charge >= 0.3 is 0 Å². The molecule has 1 amide bonds. The molecule has 7 heteroatoms. The number of benzene rings is 2. The number of nitrogens with zero attached hydrogens (tertiary/aromatic N) is 4. The van der Waals surface area contributed by atoms with Gasteiger partial charge in [-0.1, -0.05) is 19.9 Å². The first kappa shape index (κ1) is 21.6. The maximum atomic E-state index is 12.2. The van der Waals surface area contributed by atoms with E-state index in [2.05, 4.69) is 38.4 Å². The van der Waals surface area contributed by atoms with Crippen molar-refractivity contribution in [1.82, 2.24) is 14.9 Å². The van der Waals surface area contributed by atoms with Crippen molar-refractivity contribution < 1.29 is 9.53 Å². The summed E-state index contributed by atoms with van der Waals surface area (Å²) in [5, 5.41) is 3.27. The van der Waals surface area contributed by atoms with E-state index in [1.807, 2.05) is 49.1 Å². The lowest BCUT2D eigenvalue weighted by Crippen LogP contribution is -2.49. The summed E-state index contributed by atoms with van der Waals surface area (Å²) >= 11 is 0. The van der Waals surface area contributed by atoms with Crippen LogP contribution in [0.3, 0.4) is 0 Å². The number of carbonyl (C=O) groups is 1.